The maximum atomic E-state index is 11.4. The minimum absolute atomic E-state index is 0.0611. The van der Waals surface area contributed by atoms with Crippen LogP contribution in [0.5, 0.6) is 11.6 Å². The molecule has 1 amide bonds. The summed E-state index contributed by atoms with van der Waals surface area (Å²) in [5.41, 5.74) is 3.28. The van der Waals surface area contributed by atoms with Crippen LogP contribution in [0.1, 0.15) is 23.4 Å². The molecule has 11 heteroatoms. The van der Waals surface area contributed by atoms with Crippen LogP contribution >= 0.6 is 11.3 Å². The van der Waals surface area contributed by atoms with Crippen LogP contribution in [0.25, 0.3) is 22.0 Å². The van der Waals surface area contributed by atoms with Crippen LogP contribution < -0.4 is 15.4 Å². The highest BCUT2D eigenvalue weighted by Crippen LogP contribution is 2.39. The highest BCUT2D eigenvalue weighted by Gasteiger charge is 2.24. The molecular weight excluding hydrogens is 538 g/mol. The number of rotatable bonds is 7. The Hall–Kier alpha value is -4.77. The van der Waals surface area contributed by atoms with Gasteiger partial charge in [0.1, 0.15) is 11.6 Å². The summed E-state index contributed by atoms with van der Waals surface area (Å²) >= 11 is 1.60. The molecule has 10 nitrogen and oxygen atoms in total. The number of fused-ring (bicyclic) bond motifs is 1. The van der Waals surface area contributed by atoms with Crippen molar-refractivity contribution >= 4 is 45.7 Å². The minimum atomic E-state index is -0.909. The van der Waals surface area contributed by atoms with Crippen LogP contribution in [0.2, 0.25) is 0 Å². The number of hydrogen-bond acceptors (Lipinski definition) is 9. The average molecular weight is 568 g/mol. The standard InChI is InChI=1S/C30H29N7O3S/c1-18-10-11-21-22(7-3-9-24(21)35-26-17-41-19(2)33-26)27(18)40-28-23(8-4-13-31-28)25-12-14-32-29(36-25)34-20-6-5-15-37(16-20)30(38)39/h3-4,7-14,17,20,35H,5-6,15-16H2,1-2H3,(H,38,39)(H,32,34,36). The lowest BCUT2D eigenvalue weighted by molar-refractivity contribution is 0.132. The molecule has 1 fully saturated rings. The Kier molecular flexibility index (Phi) is 7.34. The number of anilines is 3. The number of hydrogen-bond donors (Lipinski definition) is 3. The summed E-state index contributed by atoms with van der Waals surface area (Å²) in [6.45, 7) is 4.93. The van der Waals surface area contributed by atoms with Crippen molar-refractivity contribution < 1.29 is 14.6 Å². The summed E-state index contributed by atoms with van der Waals surface area (Å²) in [6.07, 6.45) is 4.10. The summed E-state index contributed by atoms with van der Waals surface area (Å²) in [5, 5.41) is 21.1. The van der Waals surface area contributed by atoms with E-state index in [1.807, 2.05) is 61.7 Å². The summed E-state index contributed by atoms with van der Waals surface area (Å²) < 4.78 is 6.54. The third kappa shape index (κ3) is 5.75. The summed E-state index contributed by atoms with van der Waals surface area (Å²) in [6, 6.07) is 15.7. The van der Waals surface area contributed by atoms with E-state index in [9.17, 15) is 9.90 Å². The number of carbonyl (C=O) groups is 1. The Bertz CT molecular complexity index is 1720. The van der Waals surface area contributed by atoms with Crippen LogP contribution in [0.15, 0.2) is 66.3 Å². The molecule has 0 spiro atoms. The van der Waals surface area contributed by atoms with Crippen molar-refractivity contribution in [1.82, 2.24) is 24.8 Å². The number of amides is 1. The maximum Gasteiger partial charge on any atom is 0.407 e. The van der Waals surface area contributed by atoms with Gasteiger partial charge in [-0.1, -0.05) is 24.3 Å². The van der Waals surface area contributed by atoms with Crippen LogP contribution in [-0.2, 0) is 0 Å². The highest BCUT2D eigenvalue weighted by molar-refractivity contribution is 7.09. The first-order valence-corrected chi connectivity index (χ1v) is 14.2. The van der Waals surface area contributed by atoms with Gasteiger partial charge in [0.15, 0.2) is 0 Å². The monoisotopic (exact) mass is 567 g/mol. The first-order valence-electron chi connectivity index (χ1n) is 13.4. The number of aryl methyl sites for hydroxylation is 2. The van der Waals surface area contributed by atoms with Crippen LogP contribution in [0, 0.1) is 13.8 Å². The normalized spacial score (nSPS) is 15.1. The largest absolute Gasteiger partial charge is 0.465 e. The zero-order chi connectivity index (χ0) is 28.3. The molecule has 2 aromatic carbocycles. The number of ether oxygens (including phenoxy) is 1. The lowest BCUT2D eigenvalue weighted by Crippen LogP contribution is -2.44. The molecule has 1 unspecified atom stereocenters. The molecule has 0 radical (unpaired) electrons. The predicted molar refractivity (Wildman–Crippen MR) is 160 cm³/mol. The molecule has 0 aliphatic carbocycles. The van der Waals surface area contributed by atoms with E-state index in [1.54, 1.807) is 23.7 Å². The van der Waals surface area contributed by atoms with E-state index in [-0.39, 0.29) is 6.04 Å². The summed E-state index contributed by atoms with van der Waals surface area (Å²) in [4.78, 5) is 31.1. The highest BCUT2D eigenvalue weighted by atomic mass is 32.1. The number of pyridine rings is 1. The van der Waals surface area contributed by atoms with Gasteiger partial charge < -0.3 is 25.4 Å². The lowest BCUT2D eigenvalue weighted by atomic mass is 10.0. The molecule has 0 bridgehead atoms. The van der Waals surface area contributed by atoms with Gasteiger partial charge in [0.25, 0.3) is 0 Å². The zero-order valence-electron chi connectivity index (χ0n) is 22.7. The summed E-state index contributed by atoms with van der Waals surface area (Å²) in [7, 11) is 0. The molecule has 208 valence electrons. The van der Waals surface area contributed by atoms with Crippen molar-refractivity contribution in [2.24, 2.45) is 0 Å². The van der Waals surface area contributed by atoms with Gasteiger partial charge in [-0.25, -0.2) is 24.7 Å². The quantitative estimate of drug-likeness (QED) is 0.193. The number of piperidine rings is 1. The van der Waals surface area contributed by atoms with E-state index >= 15 is 0 Å². The summed E-state index contributed by atoms with van der Waals surface area (Å²) in [5.74, 6) is 2.39. The number of carboxylic acid groups (broad SMARTS) is 1. The second-order valence-corrected chi connectivity index (χ2v) is 11.0. The Morgan fingerprint density at radius 1 is 1.05 bits per heavy atom. The fourth-order valence-corrected chi connectivity index (χ4v) is 5.58. The van der Waals surface area contributed by atoms with Crippen LogP contribution in [0.4, 0.5) is 22.2 Å². The van der Waals surface area contributed by atoms with Gasteiger partial charge in [0, 0.05) is 53.4 Å². The van der Waals surface area contributed by atoms with Crippen LogP contribution in [-0.4, -0.2) is 55.2 Å². The molecule has 1 saturated heterocycles. The molecule has 5 aromatic rings. The Balaban J connectivity index is 1.30. The van der Waals surface area contributed by atoms with E-state index in [0.29, 0.717) is 36.4 Å². The average Bonchev–Trinajstić information content (AvgIpc) is 3.39. The fraction of sp³-hybridized carbons (Fsp3) is 0.233. The van der Waals surface area contributed by atoms with Gasteiger partial charge in [0.05, 0.1) is 16.3 Å². The molecule has 0 saturated carbocycles. The Morgan fingerprint density at radius 2 is 1.95 bits per heavy atom. The van der Waals surface area contributed by atoms with Gasteiger partial charge in [-0.15, -0.1) is 11.3 Å². The molecule has 41 heavy (non-hydrogen) atoms. The second-order valence-electron chi connectivity index (χ2n) is 9.92. The molecule has 1 atom stereocenters. The zero-order valence-corrected chi connectivity index (χ0v) is 23.5. The molecule has 3 N–H and O–H groups in total. The van der Waals surface area contributed by atoms with Crippen molar-refractivity contribution in [2.75, 3.05) is 23.7 Å². The first kappa shape index (κ1) is 26.5. The third-order valence-corrected chi connectivity index (χ3v) is 7.79. The van der Waals surface area contributed by atoms with Gasteiger partial charge in [-0.05, 0) is 56.5 Å². The molecule has 3 aromatic heterocycles. The van der Waals surface area contributed by atoms with Crippen molar-refractivity contribution in [3.05, 3.63) is 76.9 Å². The fourth-order valence-electron chi connectivity index (χ4n) is 5.04. The SMILES string of the molecule is Cc1nc(Nc2cccc3c(Oc4ncccc4-c4ccnc(NC5CCCN(C(=O)O)C5)n4)c(C)ccc23)cs1. The van der Waals surface area contributed by atoms with E-state index in [1.165, 1.54) is 4.90 Å². The van der Waals surface area contributed by atoms with E-state index in [2.05, 4.69) is 31.7 Å². The minimum Gasteiger partial charge on any atom is -0.465 e. The Morgan fingerprint density at radius 3 is 2.78 bits per heavy atom. The number of thiazole rings is 1. The van der Waals surface area contributed by atoms with Crippen molar-refractivity contribution in [1.29, 1.82) is 0 Å². The topological polar surface area (TPSA) is 125 Å². The van der Waals surface area contributed by atoms with Crippen molar-refractivity contribution in [2.45, 2.75) is 32.7 Å². The van der Waals surface area contributed by atoms with E-state index in [0.717, 1.165) is 51.3 Å². The van der Waals surface area contributed by atoms with Gasteiger partial charge in [0.2, 0.25) is 11.8 Å². The smallest absolute Gasteiger partial charge is 0.407 e. The molecule has 1 aliphatic rings. The second kappa shape index (κ2) is 11.4. The van der Waals surface area contributed by atoms with E-state index < -0.39 is 6.09 Å². The third-order valence-electron chi connectivity index (χ3n) is 7.02. The molecule has 1 aliphatic heterocycles. The number of nitrogens with one attached hydrogen (secondary N) is 2. The lowest BCUT2D eigenvalue weighted by Gasteiger charge is -2.31. The van der Waals surface area contributed by atoms with Crippen molar-refractivity contribution in [3.63, 3.8) is 0 Å². The molecule has 4 heterocycles. The number of aromatic nitrogens is 4. The van der Waals surface area contributed by atoms with Gasteiger partial charge >= 0.3 is 6.09 Å². The molecule has 6 rings (SSSR count). The predicted octanol–water partition coefficient (Wildman–Crippen LogP) is 6.86. The number of likely N-dealkylation sites (tertiary alicyclic amines) is 1. The Labute approximate surface area is 241 Å². The van der Waals surface area contributed by atoms with Gasteiger partial charge in [-0.2, -0.15) is 0 Å². The van der Waals surface area contributed by atoms with Crippen LogP contribution in [0.3, 0.4) is 0 Å². The van der Waals surface area contributed by atoms with Crippen molar-refractivity contribution in [3.8, 4) is 22.9 Å². The molecular formula is C30H29N7O3S. The number of benzene rings is 2. The van der Waals surface area contributed by atoms with E-state index in [4.69, 9.17) is 9.72 Å². The van der Waals surface area contributed by atoms with Gasteiger partial charge in [-0.3, -0.25) is 0 Å². The first-order chi connectivity index (χ1) is 19.9. The maximum absolute atomic E-state index is 11.4. The number of nitrogens with zero attached hydrogens (tertiary/aromatic N) is 5.